The highest BCUT2D eigenvalue weighted by molar-refractivity contribution is 7.89. The summed E-state index contributed by atoms with van der Waals surface area (Å²) < 4.78 is 31.8. The first-order chi connectivity index (χ1) is 9.81. The summed E-state index contributed by atoms with van der Waals surface area (Å²) in [7, 11) is -2.41. The lowest BCUT2D eigenvalue weighted by Crippen LogP contribution is -2.39. The van der Waals surface area contributed by atoms with Gasteiger partial charge in [-0.2, -0.15) is 0 Å². The van der Waals surface area contributed by atoms with Gasteiger partial charge in [-0.15, -0.1) is 12.4 Å². The van der Waals surface area contributed by atoms with E-state index >= 15 is 0 Å². The van der Waals surface area contributed by atoms with Gasteiger partial charge in [0, 0.05) is 12.6 Å². The first-order valence-electron chi connectivity index (χ1n) is 6.73. The highest BCUT2D eigenvalue weighted by Crippen LogP contribution is 2.17. The molecule has 0 aromatic heterocycles. The van der Waals surface area contributed by atoms with Crippen molar-refractivity contribution in [2.75, 3.05) is 20.2 Å². The van der Waals surface area contributed by atoms with E-state index in [0.29, 0.717) is 5.56 Å². The normalized spacial score (nSPS) is 12.4. The topological polar surface area (TPSA) is 84.5 Å². The third-order valence-corrected chi connectivity index (χ3v) is 4.60. The molecule has 0 spiro atoms. The fraction of sp³-hybridized carbons (Fsp3) is 0.500. The number of hydrogen-bond donors (Lipinski definition) is 2. The van der Waals surface area contributed by atoms with E-state index in [1.165, 1.54) is 13.2 Å². The summed E-state index contributed by atoms with van der Waals surface area (Å²) >= 11 is 0. The van der Waals surface area contributed by atoms with Gasteiger partial charge >= 0.3 is 5.97 Å². The van der Waals surface area contributed by atoms with Gasteiger partial charge in [0.05, 0.1) is 17.6 Å². The van der Waals surface area contributed by atoms with Gasteiger partial charge < -0.3 is 10.1 Å². The van der Waals surface area contributed by atoms with Gasteiger partial charge in [-0.1, -0.05) is 13.0 Å². The third-order valence-electron chi connectivity index (χ3n) is 3.03. The SMILES string of the molecule is CCN[C@H](C)CNS(=O)(=O)c1cc(C(=O)OC)ccc1C.Cl. The Hall–Kier alpha value is -1.15. The Kier molecular flexibility index (Phi) is 8.62. The molecule has 0 aliphatic heterocycles. The van der Waals surface area contributed by atoms with Crippen molar-refractivity contribution in [3.05, 3.63) is 29.3 Å². The van der Waals surface area contributed by atoms with E-state index in [1.807, 2.05) is 13.8 Å². The van der Waals surface area contributed by atoms with Crippen LogP contribution in [0.2, 0.25) is 0 Å². The molecule has 1 aromatic rings. The smallest absolute Gasteiger partial charge is 0.337 e. The summed E-state index contributed by atoms with van der Waals surface area (Å²) in [6.45, 7) is 6.57. The van der Waals surface area contributed by atoms with Crippen LogP contribution in [0.1, 0.15) is 29.8 Å². The number of halogens is 1. The number of ether oxygens (including phenoxy) is 1. The zero-order valence-electron chi connectivity index (χ0n) is 13.2. The van der Waals surface area contributed by atoms with Gasteiger partial charge in [0.1, 0.15) is 0 Å². The van der Waals surface area contributed by atoms with Crippen molar-refractivity contribution in [1.82, 2.24) is 10.0 Å². The van der Waals surface area contributed by atoms with Gasteiger partial charge in [-0.3, -0.25) is 0 Å². The fourth-order valence-electron chi connectivity index (χ4n) is 1.87. The number of methoxy groups -OCH3 is 1. The second-order valence-electron chi connectivity index (χ2n) is 4.78. The zero-order valence-corrected chi connectivity index (χ0v) is 14.8. The van der Waals surface area contributed by atoms with Crippen LogP contribution in [0.25, 0.3) is 0 Å². The summed E-state index contributed by atoms with van der Waals surface area (Å²) in [5, 5.41) is 3.12. The van der Waals surface area contributed by atoms with E-state index in [-0.39, 0.29) is 35.5 Å². The van der Waals surface area contributed by atoms with Crippen LogP contribution in [0.3, 0.4) is 0 Å². The van der Waals surface area contributed by atoms with E-state index in [0.717, 1.165) is 6.54 Å². The minimum absolute atomic E-state index is 0. The highest BCUT2D eigenvalue weighted by Gasteiger charge is 2.19. The molecule has 2 N–H and O–H groups in total. The Morgan fingerprint density at radius 3 is 2.55 bits per heavy atom. The van der Waals surface area contributed by atoms with Crippen molar-refractivity contribution >= 4 is 28.4 Å². The van der Waals surface area contributed by atoms with Crippen LogP contribution in [0.15, 0.2) is 23.1 Å². The number of likely N-dealkylation sites (N-methyl/N-ethyl adjacent to an activating group) is 1. The number of benzene rings is 1. The van der Waals surface area contributed by atoms with E-state index in [2.05, 4.69) is 14.8 Å². The van der Waals surface area contributed by atoms with Crippen LogP contribution in [-0.2, 0) is 14.8 Å². The maximum absolute atomic E-state index is 12.3. The largest absolute Gasteiger partial charge is 0.465 e. The molecule has 0 saturated heterocycles. The van der Waals surface area contributed by atoms with Gasteiger partial charge in [0.15, 0.2) is 0 Å². The Bertz CT molecular complexity index is 605. The molecule has 0 bridgehead atoms. The molecule has 1 aromatic carbocycles. The summed E-state index contributed by atoms with van der Waals surface area (Å²) in [4.78, 5) is 11.6. The lowest BCUT2D eigenvalue weighted by Gasteiger charge is -2.15. The van der Waals surface area contributed by atoms with E-state index < -0.39 is 16.0 Å². The standard InChI is InChI=1S/C14H22N2O4S.ClH/c1-5-15-11(3)9-16-21(18,19)13-8-12(14(17)20-4)7-6-10(13)2;/h6-8,11,15-16H,5,9H2,1-4H3;1H/t11-;/m1./s1. The van der Waals surface area contributed by atoms with Crippen LogP contribution in [0, 0.1) is 6.92 Å². The van der Waals surface area contributed by atoms with E-state index in [4.69, 9.17) is 0 Å². The number of carbonyl (C=O) groups is 1. The number of carbonyl (C=O) groups excluding carboxylic acids is 1. The molecular weight excluding hydrogens is 328 g/mol. The number of rotatable bonds is 7. The molecule has 0 saturated carbocycles. The van der Waals surface area contributed by atoms with E-state index in [9.17, 15) is 13.2 Å². The van der Waals surface area contributed by atoms with Gasteiger partial charge in [0.2, 0.25) is 10.0 Å². The molecule has 0 radical (unpaired) electrons. The molecule has 0 aliphatic carbocycles. The Balaban J connectivity index is 0.00000441. The van der Waals surface area contributed by atoms with E-state index in [1.54, 1.807) is 19.1 Å². The third kappa shape index (κ3) is 5.57. The van der Waals surface area contributed by atoms with Crippen molar-refractivity contribution in [1.29, 1.82) is 0 Å². The lowest BCUT2D eigenvalue weighted by atomic mass is 10.1. The Morgan fingerprint density at radius 1 is 1.36 bits per heavy atom. The van der Waals surface area contributed by atoms with Crippen molar-refractivity contribution in [3.8, 4) is 0 Å². The molecular formula is C14H23ClN2O4S. The van der Waals surface area contributed by atoms with Crippen LogP contribution in [-0.4, -0.2) is 40.6 Å². The summed E-state index contributed by atoms with van der Waals surface area (Å²) in [6.07, 6.45) is 0. The fourth-order valence-corrected chi connectivity index (χ4v) is 3.27. The quantitative estimate of drug-likeness (QED) is 0.728. The van der Waals surface area contributed by atoms with Crippen molar-refractivity contribution in [2.45, 2.75) is 31.7 Å². The molecule has 1 rings (SSSR count). The van der Waals surface area contributed by atoms with Crippen LogP contribution in [0.4, 0.5) is 0 Å². The second kappa shape index (κ2) is 9.09. The summed E-state index contributed by atoms with van der Waals surface area (Å²) in [5.41, 5.74) is 0.787. The van der Waals surface area contributed by atoms with Crippen molar-refractivity contribution in [2.24, 2.45) is 0 Å². The Morgan fingerprint density at radius 2 is 2.00 bits per heavy atom. The molecule has 6 nitrogen and oxygen atoms in total. The number of esters is 1. The monoisotopic (exact) mass is 350 g/mol. The maximum atomic E-state index is 12.3. The van der Waals surface area contributed by atoms with Crippen molar-refractivity contribution < 1.29 is 17.9 Å². The molecule has 0 amide bonds. The first kappa shape index (κ1) is 20.9. The summed E-state index contributed by atoms with van der Waals surface area (Å²) in [5.74, 6) is -0.563. The molecule has 22 heavy (non-hydrogen) atoms. The molecule has 0 fully saturated rings. The number of aryl methyl sites for hydroxylation is 1. The number of sulfonamides is 1. The number of nitrogens with one attached hydrogen (secondary N) is 2. The predicted molar refractivity (Wildman–Crippen MR) is 88.1 cm³/mol. The maximum Gasteiger partial charge on any atom is 0.337 e. The first-order valence-corrected chi connectivity index (χ1v) is 8.22. The second-order valence-corrected chi connectivity index (χ2v) is 6.52. The molecule has 1 atom stereocenters. The molecule has 126 valence electrons. The van der Waals surface area contributed by atoms with Crippen molar-refractivity contribution in [3.63, 3.8) is 0 Å². The molecule has 0 heterocycles. The minimum atomic E-state index is -3.67. The molecule has 0 unspecified atom stereocenters. The lowest BCUT2D eigenvalue weighted by molar-refractivity contribution is 0.0600. The minimum Gasteiger partial charge on any atom is -0.465 e. The zero-order chi connectivity index (χ0) is 16.0. The molecule has 8 heteroatoms. The average Bonchev–Trinajstić information content (AvgIpc) is 2.45. The highest BCUT2D eigenvalue weighted by atomic mass is 35.5. The average molecular weight is 351 g/mol. The van der Waals surface area contributed by atoms with Gasteiger partial charge in [-0.05, 0) is 38.1 Å². The summed E-state index contributed by atoms with van der Waals surface area (Å²) in [6, 6.07) is 4.49. The van der Waals surface area contributed by atoms with Gasteiger partial charge in [0.25, 0.3) is 0 Å². The van der Waals surface area contributed by atoms with Crippen LogP contribution < -0.4 is 10.0 Å². The Labute approximate surface area is 138 Å². The molecule has 0 aliphatic rings. The number of hydrogen-bond acceptors (Lipinski definition) is 5. The van der Waals surface area contributed by atoms with Gasteiger partial charge in [-0.25, -0.2) is 17.9 Å². The van der Waals surface area contributed by atoms with Crippen LogP contribution >= 0.6 is 12.4 Å². The predicted octanol–water partition coefficient (Wildman–Crippen LogP) is 1.48. The van der Waals surface area contributed by atoms with Crippen LogP contribution in [0.5, 0.6) is 0 Å².